The number of rotatable bonds is 5. The van der Waals surface area contributed by atoms with Crippen molar-refractivity contribution in [3.63, 3.8) is 0 Å². The number of hydrogen-bond donors (Lipinski definition) is 1. The molecular formula is C12H23NO2. The summed E-state index contributed by atoms with van der Waals surface area (Å²) in [4.78, 5) is 2.15. The summed E-state index contributed by atoms with van der Waals surface area (Å²) >= 11 is 0. The highest BCUT2D eigenvalue weighted by Crippen LogP contribution is 2.21. The predicted molar refractivity (Wildman–Crippen MR) is 61.9 cm³/mol. The van der Waals surface area contributed by atoms with Crippen LogP contribution in [0.5, 0.6) is 0 Å². The number of aliphatic hydroxyl groups is 1. The SMILES string of the molecule is C=C(CC)CN(C)CC1(O)CCOCC1. The van der Waals surface area contributed by atoms with Crippen LogP contribution < -0.4 is 0 Å². The molecule has 0 aromatic rings. The maximum Gasteiger partial charge on any atom is 0.0817 e. The van der Waals surface area contributed by atoms with Crippen molar-refractivity contribution in [2.24, 2.45) is 0 Å². The fourth-order valence-electron chi connectivity index (χ4n) is 1.96. The van der Waals surface area contributed by atoms with E-state index in [4.69, 9.17) is 4.74 Å². The van der Waals surface area contributed by atoms with Gasteiger partial charge in [-0.2, -0.15) is 0 Å². The van der Waals surface area contributed by atoms with E-state index in [1.165, 1.54) is 5.57 Å². The zero-order valence-electron chi connectivity index (χ0n) is 9.96. The molecule has 0 spiro atoms. The van der Waals surface area contributed by atoms with E-state index in [0.29, 0.717) is 13.2 Å². The van der Waals surface area contributed by atoms with Crippen LogP contribution in [-0.4, -0.2) is 49.0 Å². The van der Waals surface area contributed by atoms with Crippen molar-refractivity contribution in [1.29, 1.82) is 0 Å². The van der Waals surface area contributed by atoms with Gasteiger partial charge in [0.1, 0.15) is 0 Å². The third-order valence-corrected chi connectivity index (χ3v) is 2.98. The van der Waals surface area contributed by atoms with Crippen LogP contribution in [0.25, 0.3) is 0 Å². The first-order chi connectivity index (χ1) is 7.06. The lowest BCUT2D eigenvalue weighted by atomic mass is 9.94. The maximum absolute atomic E-state index is 10.3. The molecule has 1 rings (SSSR count). The smallest absolute Gasteiger partial charge is 0.0817 e. The molecule has 15 heavy (non-hydrogen) atoms. The van der Waals surface area contributed by atoms with Gasteiger partial charge in [0, 0.05) is 39.1 Å². The highest BCUT2D eigenvalue weighted by Gasteiger charge is 2.30. The first kappa shape index (κ1) is 12.7. The summed E-state index contributed by atoms with van der Waals surface area (Å²) in [7, 11) is 2.04. The second kappa shape index (κ2) is 5.64. The zero-order valence-corrected chi connectivity index (χ0v) is 9.96. The summed E-state index contributed by atoms with van der Waals surface area (Å²) < 4.78 is 5.25. The normalized spacial score (nSPS) is 20.5. The highest BCUT2D eigenvalue weighted by molar-refractivity contribution is 4.96. The van der Waals surface area contributed by atoms with Gasteiger partial charge in [0.25, 0.3) is 0 Å². The van der Waals surface area contributed by atoms with E-state index in [2.05, 4.69) is 18.4 Å². The topological polar surface area (TPSA) is 32.7 Å². The Balaban J connectivity index is 2.35. The third kappa shape index (κ3) is 4.33. The lowest BCUT2D eigenvalue weighted by Crippen LogP contribution is -2.46. The van der Waals surface area contributed by atoms with Crippen molar-refractivity contribution >= 4 is 0 Å². The number of likely N-dealkylation sites (N-methyl/N-ethyl adjacent to an activating group) is 1. The summed E-state index contributed by atoms with van der Waals surface area (Å²) in [6, 6.07) is 0. The Morgan fingerprint density at radius 3 is 2.60 bits per heavy atom. The zero-order chi connectivity index (χ0) is 11.3. The van der Waals surface area contributed by atoms with E-state index in [1.54, 1.807) is 0 Å². The lowest BCUT2D eigenvalue weighted by molar-refractivity contribution is -0.0759. The predicted octanol–water partition coefficient (Wildman–Crippen LogP) is 1.43. The minimum absolute atomic E-state index is 0.555. The molecule has 0 unspecified atom stereocenters. The Hall–Kier alpha value is -0.380. The van der Waals surface area contributed by atoms with Crippen molar-refractivity contribution in [2.75, 3.05) is 33.4 Å². The maximum atomic E-state index is 10.3. The van der Waals surface area contributed by atoms with E-state index >= 15 is 0 Å². The molecule has 0 atom stereocenters. The van der Waals surface area contributed by atoms with Crippen molar-refractivity contribution in [2.45, 2.75) is 31.8 Å². The van der Waals surface area contributed by atoms with Gasteiger partial charge in [0.15, 0.2) is 0 Å². The molecule has 1 saturated heterocycles. The van der Waals surface area contributed by atoms with Crippen LogP contribution in [0.1, 0.15) is 26.2 Å². The van der Waals surface area contributed by atoms with E-state index in [0.717, 1.165) is 32.4 Å². The van der Waals surface area contributed by atoms with Gasteiger partial charge in [-0.3, -0.25) is 4.90 Å². The average Bonchev–Trinajstić information content (AvgIpc) is 2.17. The van der Waals surface area contributed by atoms with Gasteiger partial charge >= 0.3 is 0 Å². The van der Waals surface area contributed by atoms with Crippen LogP contribution in [0, 0.1) is 0 Å². The number of ether oxygens (including phenoxy) is 1. The first-order valence-corrected chi connectivity index (χ1v) is 5.71. The Morgan fingerprint density at radius 2 is 2.07 bits per heavy atom. The molecule has 1 N–H and O–H groups in total. The average molecular weight is 213 g/mol. The van der Waals surface area contributed by atoms with Crippen molar-refractivity contribution in [3.8, 4) is 0 Å². The molecule has 1 heterocycles. The summed E-state index contributed by atoms with van der Waals surface area (Å²) in [5, 5.41) is 10.3. The van der Waals surface area contributed by atoms with Gasteiger partial charge < -0.3 is 9.84 Å². The second-order valence-corrected chi connectivity index (χ2v) is 4.61. The molecule has 0 bridgehead atoms. The molecule has 0 radical (unpaired) electrons. The van der Waals surface area contributed by atoms with Crippen LogP contribution in [0.15, 0.2) is 12.2 Å². The molecule has 88 valence electrons. The molecule has 0 amide bonds. The van der Waals surface area contributed by atoms with E-state index in [1.807, 2.05) is 7.05 Å². The van der Waals surface area contributed by atoms with Gasteiger partial charge in [0.05, 0.1) is 5.60 Å². The highest BCUT2D eigenvalue weighted by atomic mass is 16.5. The molecule has 0 aromatic carbocycles. The summed E-state index contributed by atoms with van der Waals surface area (Å²) in [6.45, 7) is 9.04. The Kier molecular flexibility index (Phi) is 4.77. The van der Waals surface area contributed by atoms with Crippen molar-refractivity contribution < 1.29 is 9.84 Å². The van der Waals surface area contributed by atoms with Gasteiger partial charge in [0.2, 0.25) is 0 Å². The Labute approximate surface area is 92.7 Å². The largest absolute Gasteiger partial charge is 0.388 e. The van der Waals surface area contributed by atoms with Crippen LogP contribution in [0.4, 0.5) is 0 Å². The molecule has 3 heteroatoms. The molecule has 3 nitrogen and oxygen atoms in total. The van der Waals surface area contributed by atoms with E-state index in [9.17, 15) is 5.11 Å². The van der Waals surface area contributed by atoms with Gasteiger partial charge in [-0.1, -0.05) is 19.1 Å². The van der Waals surface area contributed by atoms with Gasteiger partial charge in [-0.05, 0) is 13.5 Å². The molecule has 1 fully saturated rings. The van der Waals surface area contributed by atoms with E-state index in [-0.39, 0.29) is 0 Å². The van der Waals surface area contributed by atoms with E-state index < -0.39 is 5.60 Å². The quantitative estimate of drug-likeness (QED) is 0.701. The second-order valence-electron chi connectivity index (χ2n) is 4.61. The Morgan fingerprint density at radius 1 is 1.47 bits per heavy atom. The molecule has 0 aliphatic carbocycles. The van der Waals surface area contributed by atoms with Gasteiger partial charge in [-0.25, -0.2) is 0 Å². The summed E-state index contributed by atoms with van der Waals surface area (Å²) in [5.74, 6) is 0. The van der Waals surface area contributed by atoms with Crippen molar-refractivity contribution in [3.05, 3.63) is 12.2 Å². The molecule has 1 aliphatic rings. The van der Waals surface area contributed by atoms with Gasteiger partial charge in [-0.15, -0.1) is 0 Å². The number of hydrogen-bond acceptors (Lipinski definition) is 3. The molecule has 0 saturated carbocycles. The fraction of sp³-hybridized carbons (Fsp3) is 0.833. The van der Waals surface area contributed by atoms with Crippen LogP contribution >= 0.6 is 0 Å². The molecular weight excluding hydrogens is 190 g/mol. The minimum atomic E-state index is -0.555. The first-order valence-electron chi connectivity index (χ1n) is 5.71. The standard InChI is InChI=1S/C12H23NO2/c1-4-11(2)9-13(3)10-12(14)5-7-15-8-6-12/h14H,2,4-10H2,1,3H3. The van der Waals surface area contributed by atoms with Crippen LogP contribution in [0.2, 0.25) is 0 Å². The van der Waals surface area contributed by atoms with Crippen molar-refractivity contribution in [1.82, 2.24) is 4.90 Å². The third-order valence-electron chi connectivity index (χ3n) is 2.98. The molecule has 0 aromatic heterocycles. The summed E-state index contributed by atoms with van der Waals surface area (Å²) in [5.41, 5.74) is 0.661. The summed E-state index contributed by atoms with van der Waals surface area (Å²) in [6.07, 6.45) is 2.50. The lowest BCUT2D eigenvalue weighted by Gasteiger charge is -2.35. The van der Waals surface area contributed by atoms with Crippen LogP contribution in [-0.2, 0) is 4.74 Å². The Bertz CT molecular complexity index is 210. The minimum Gasteiger partial charge on any atom is -0.388 e. The number of nitrogens with zero attached hydrogens (tertiary/aromatic N) is 1. The monoisotopic (exact) mass is 213 g/mol. The fourth-order valence-corrected chi connectivity index (χ4v) is 1.96. The molecule has 1 aliphatic heterocycles. The van der Waals surface area contributed by atoms with Crippen LogP contribution in [0.3, 0.4) is 0 Å².